The molecule has 8 heteroatoms. The number of furan rings is 1. The minimum Gasteiger partial charge on any atom is -0.465 e. The van der Waals surface area contributed by atoms with Crippen LogP contribution in [0.4, 0.5) is 0 Å². The van der Waals surface area contributed by atoms with E-state index in [1.807, 2.05) is 6.92 Å². The fourth-order valence-corrected chi connectivity index (χ4v) is 3.53. The molecule has 0 aromatic carbocycles. The van der Waals surface area contributed by atoms with Gasteiger partial charge in [0.25, 0.3) is 0 Å². The molecule has 0 aliphatic heterocycles. The van der Waals surface area contributed by atoms with Gasteiger partial charge in [-0.15, -0.1) is 0 Å². The van der Waals surface area contributed by atoms with Crippen molar-refractivity contribution in [1.82, 2.24) is 15.2 Å². The second-order valence-corrected chi connectivity index (χ2v) is 6.32. The summed E-state index contributed by atoms with van der Waals surface area (Å²) in [5, 5.41) is 6.80. The zero-order chi connectivity index (χ0) is 15.5. The third-order valence-electron chi connectivity index (χ3n) is 3.08. The predicted octanol–water partition coefficient (Wildman–Crippen LogP) is 1.47. The van der Waals surface area contributed by atoms with E-state index in [1.165, 1.54) is 6.26 Å². The fourth-order valence-electron chi connectivity index (χ4n) is 2.09. The van der Waals surface area contributed by atoms with Gasteiger partial charge < -0.3 is 14.3 Å². The minimum absolute atomic E-state index is 0.0726. The van der Waals surface area contributed by atoms with Crippen molar-refractivity contribution in [1.29, 1.82) is 0 Å². The Hall–Kier alpha value is -1.64. The van der Waals surface area contributed by atoms with E-state index in [2.05, 4.69) is 19.7 Å². The molecule has 2 N–H and O–H groups in total. The largest absolute Gasteiger partial charge is 0.465 e. The average molecular weight is 313 g/mol. The molecule has 2 rings (SSSR count). The third-order valence-corrected chi connectivity index (χ3v) is 4.68. The highest BCUT2D eigenvalue weighted by Crippen LogP contribution is 2.26. The van der Waals surface area contributed by atoms with Crippen LogP contribution in [-0.2, 0) is 23.1 Å². The monoisotopic (exact) mass is 313 g/mol. The number of nitrogens with one attached hydrogen (secondary N) is 2. The van der Waals surface area contributed by atoms with Gasteiger partial charge in [0.15, 0.2) is 0 Å². The highest BCUT2D eigenvalue weighted by molar-refractivity contribution is 7.89. The van der Waals surface area contributed by atoms with Crippen molar-refractivity contribution in [3.05, 3.63) is 35.1 Å². The van der Waals surface area contributed by atoms with Crippen molar-refractivity contribution < 1.29 is 17.4 Å². The number of nitrogens with zero attached hydrogens (tertiary/aromatic N) is 1. The van der Waals surface area contributed by atoms with E-state index >= 15 is 0 Å². The first-order valence-corrected chi connectivity index (χ1v) is 8.12. The van der Waals surface area contributed by atoms with Crippen LogP contribution in [0, 0.1) is 13.8 Å². The Balaban J connectivity index is 2.26. The number of aromatic nitrogens is 1. The molecule has 2 aromatic heterocycles. The molecular weight excluding hydrogens is 294 g/mol. The number of rotatable bonds is 7. The Labute approximate surface area is 123 Å². The summed E-state index contributed by atoms with van der Waals surface area (Å²) in [6.07, 6.45) is 1.40. The summed E-state index contributed by atoms with van der Waals surface area (Å²) in [4.78, 5) is 0.199. The zero-order valence-electron chi connectivity index (χ0n) is 12.3. The minimum atomic E-state index is -3.67. The van der Waals surface area contributed by atoms with Crippen molar-refractivity contribution in [2.45, 2.75) is 38.8 Å². The molecule has 0 atom stereocenters. The second-order valence-electron chi connectivity index (χ2n) is 4.62. The molecule has 2 aromatic rings. The SMILES string of the molecule is CCNCc1c(C)oc(C)c1S(=O)(=O)NCc1ccon1. The lowest BCUT2D eigenvalue weighted by molar-refractivity contribution is 0.411. The van der Waals surface area contributed by atoms with Crippen molar-refractivity contribution in [2.24, 2.45) is 0 Å². The van der Waals surface area contributed by atoms with Crippen LogP contribution in [0.25, 0.3) is 0 Å². The fraction of sp³-hybridized carbons (Fsp3) is 0.462. The van der Waals surface area contributed by atoms with Crippen molar-refractivity contribution in [3.63, 3.8) is 0 Å². The topological polar surface area (TPSA) is 97.4 Å². The van der Waals surface area contributed by atoms with Crippen LogP contribution in [0.5, 0.6) is 0 Å². The Morgan fingerprint density at radius 1 is 1.24 bits per heavy atom. The van der Waals surface area contributed by atoms with Crippen LogP contribution in [0.2, 0.25) is 0 Å². The van der Waals surface area contributed by atoms with Gasteiger partial charge in [0.1, 0.15) is 22.7 Å². The van der Waals surface area contributed by atoms with Crippen LogP contribution < -0.4 is 10.0 Å². The molecule has 7 nitrogen and oxygen atoms in total. The van der Waals surface area contributed by atoms with E-state index in [0.717, 1.165) is 6.54 Å². The summed E-state index contributed by atoms with van der Waals surface area (Å²) in [5.41, 5.74) is 1.17. The third kappa shape index (κ3) is 3.52. The molecule has 0 aliphatic rings. The summed E-state index contributed by atoms with van der Waals surface area (Å²) < 4.78 is 37.6. The second kappa shape index (κ2) is 6.42. The summed E-state index contributed by atoms with van der Waals surface area (Å²) in [6, 6.07) is 1.61. The Bertz CT molecular complexity index is 689. The van der Waals surface area contributed by atoms with Crippen LogP contribution in [0.3, 0.4) is 0 Å². The van der Waals surface area contributed by atoms with E-state index < -0.39 is 10.0 Å². The molecular formula is C13H19N3O4S. The molecule has 0 fully saturated rings. The molecule has 0 saturated carbocycles. The summed E-state index contributed by atoms with van der Waals surface area (Å²) >= 11 is 0. The standard InChI is InChI=1S/C13H19N3O4S/c1-4-14-8-12-9(2)20-10(3)13(12)21(17,18)15-7-11-5-6-19-16-11/h5-6,14-15H,4,7-8H2,1-3H3. The lowest BCUT2D eigenvalue weighted by atomic mass is 10.2. The Morgan fingerprint density at radius 2 is 2.00 bits per heavy atom. The first kappa shape index (κ1) is 15.7. The van der Waals surface area contributed by atoms with Gasteiger partial charge in [-0.25, -0.2) is 13.1 Å². The first-order chi connectivity index (χ1) is 9.95. The lowest BCUT2D eigenvalue weighted by Crippen LogP contribution is -2.25. The molecule has 0 aliphatic carbocycles. The van der Waals surface area contributed by atoms with Gasteiger partial charge in [-0.05, 0) is 20.4 Å². The highest BCUT2D eigenvalue weighted by atomic mass is 32.2. The van der Waals surface area contributed by atoms with Gasteiger partial charge >= 0.3 is 0 Å². The molecule has 0 unspecified atom stereocenters. The maximum atomic E-state index is 12.5. The molecule has 0 bridgehead atoms. The van der Waals surface area contributed by atoms with E-state index in [9.17, 15) is 8.42 Å². The van der Waals surface area contributed by atoms with Crippen LogP contribution in [-0.4, -0.2) is 20.1 Å². The van der Waals surface area contributed by atoms with E-state index in [0.29, 0.717) is 29.3 Å². The molecule has 116 valence electrons. The van der Waals surface area contributed by atoms with Crippen LogP contribution in [0.1, 0.15) is 29.7 Å². The Morgan fingerprint density at radius 3 is 2.62 bits per heavy atom. The molecule has 0 saturated heterocycles. The molecule has 0 spiro atoms. The van der Waals surface area contributed by atoms with Crippen molar-refractivity contribution in [3.8, 4) is 0 Å². The van der Waals surface area contributed by atoms with Gasteiger partial charge in [-0.1, -0.05) is 12.1 Å². The van der Waals surface area contributed by atoms with Gasteiger partial charge in [-0.3, -0.25) is 0 Å². The molecule has 0 radical (unpaired) electrons. The maximum absolute atomic E-state index is 12.5. The summed E-state index contributed by atoms with van der Waals surface area (Å²) in [7, 11) is -3.67. The summed E-state index contributed by atoms with van der Waals surface area (Å²) in [6.45, 7) is 6.63. The highest BCUT2D eigenvalue weighted by Gasteiger charge is 2.26. The van der Waals surface area contributed by atoms with Gasteiger partial charge in [0, 0.05) is 18.2 Å². The maximum Gasteiger partial charge on any atom is 0.244 e. The van der Waals surface area contributed by atoms with Crippen molar-refractivity contribution in [2.75, 3.05) is 6.54 Å². The Kier molecular flexibility index (Phi) is 4.81. The predicted molar refractivity (Wildman–Crippen MR) is 76.1 cm³/mol. The number of sulfonamides is 1. The molecule has 21 heavy (non-hydrogen) atoms. The molecule has 2 heterocycles. The zero-order valence-corrected chi connectivity index (χ0v) is 13.1. The van der Waals surface area contributed by atoms with Gasteiger partial charge in [-0.2, -0.15) is 0 Å². The quantitative estimate of drug-likeness (QED) is 0.803. The first-order valence-electron chi connectivity index (χ1n) is 6.64. The average Bonchev–Trinajstić information content (AvgIpc) is 3.02. The van der Waals surface area contributed by atoms with Crippen LogP contribution in [0.15, 0.2) is 26.2 Å². The van der Waals surface area contributed by atoms with Gasteiger partial charge in [0.05, 0.1) is 12.2 Å². The smallest absolute Gasteiger partial charge is 0.244 e. The number of hydrogen-bond donors (Lipinski definition) is 2. The van der Waals surface area contributed by atoms with Crippen LogP contribution >= 0.6 is 0 Å². The van der Waals surface area contributed by atoms with Gasteiger partial charge in [0.2, 0.25) is 10.0 Å². The summed E-state index contributed by atoms with van der Waals surface area (Å²) in [5.74, 6) is 0.989. The van der Waals surface area contributed by atoms with Crippen molar-refractivity contribution >= 4 is 10.0 Å². The van der Waals surface area contributed by atoms with E-state index in [-0.39, 0.29) is 11.4 Å². The number of hydrogen-bond acceptors (Lipinski definition) is 6. The normalized spacial score (nSPS) is 12.0. The van der Waals surface area contributed by atoms with E-state index in [1.54, 1.807) is 19.9 Å². The number of aryl methyl sites for hydroxylation is 2. The molecule has 0 amide bonds. The van der Waals surface area contributed by atoms with E-state index in [4.69, 9.17) is 4.42 Å². The lowest BCUT2D eigenvalue weighted by Gasteiger charge is -2.08.